The normalized spacial score (nSPS) is 12.0. The monoisotopic (exact) mass is 492 g/mol. The minimum absolute atomic E-state index is 0.0863. The molecule has 1 unspecified atom stereocenters. The maximum Gasteiger partial charge on any atom is 0.259 e. The van der Waals surface area contributed by atoms with E-state index in [4.69, 9.17) is 0 Å². The average molecular weight is 493 g/mol. The second kappa shape index (κ2) is 10.4. The van der Waals surface area contributed by atoms with Gasteiger partial charge in [-0.15, -0.1) is 23.1 Å². The topological polar surface area (TPSA) is 78.1 Å². The lowest BCUT2D eigenvalue weighted by Gasteiger charge is -2.23. The van der Waals surface area contributed by atoms with E-state index in [0.29, 0.717) is 17.0 Å². The maximum absolute atomic E-state index is 13.0. The quantitative estimate of drug-likeness (QED) is 0.340. The van der Waals surface area contributed by atoms with E-state index >= 15 is 0 Å². The minimum atomic E-state index is -0.319. The van der Waals surface area contributed by atoms with Gasteiger partial charge in [-0.25, -0.2) is 4.98 Å². The number of benzene rings is 2. The van der Waals surface area contributed by atoms with Crippen LogP contribution in [0.5, 0.6) is 0 Å². The van der Waals surface area contributed by atoms with Crippen LogP contribution < -0.4 is 15.8 Å². The fraction of sp³-hybridized carbons (Fsp3) is 0.269. The number of aromatic nitrogens is 2. The van der Waals surface area contributed by atoms with Crippen LogP contribution in [-0.4, -0.2) is 28.2 Å². The highest BCUT2D eigenvalue weighted by Gasteiger charge is 2.18. The number of nitrogens with one attached hydrogen (secondary N) is 2. The zero-order valence-electron chi connectivity index (χ0n) is 19.7. The molecule has 2 aromatic heterocycles. The lowest BCUT2D eigenvalue weighted by molar-refractivity contribution is -0.115. The number of rotatable bonds is 8. The van der Waals surface area contributed by atoms with Gasteiger partial charge in [-0.2, -0.15) is 0 Å². The van der Waals surface area contributed by atoms with Gasteiger partial charge in [-0.05, 0) is 44.0 Å². The molecule has 0 bridgehead atoms. The summed E-state index contributed by atoms with van der Waals surface area (Å²) < 4.78 is 0. The van der Waals surface area contributed by atoms with E-state index in [1.165, 1.54) is 28.7 Å². The Morgan fingerprint density at radius 1 is 1.15 bits per heavy atom. The molecule has 34 heavy (non-hydrogen) atoms. The van der Waals surface area contributed by atoms with Crippen LogP contribution in [0.4, 0.5) is 11.4 Å². The van der Waals surface area contributed by atoms with Crippen molar-refractivity contribution in [2.75, 3.05) is 17.3 Å². The van der Waals surface area contributed by atoms with Crippen molar-refractivity contribution in [2.45, 2.75) is 38.3 Å². The SMILES string of the molecule is Cc1sc2nc(CSC(C)C(=O)Nc3ccccc3N(C)Cc3ccccc3)[nH]c(=O)c2c1C. The number of aromatic amines is 1. The fourth-order valence-electron chi connectivity index (χ4n) is 3.74. The van der Waals surface area contributed by atoms with E-state index < -0.39 is 0 Å². The zero-order valence-corrected chi connectivity index (χ0v) is 21.3. The highest BCUT2D eigenvalue weighted by molar-refractivity contribution is 7.99. The molecule has 4 aromatic rings. The van der Waals surface area contributed by atoms with Crippen LogP contribution in [-0.2, 0) is 17.1 Å². The van der Waals surface area contributed by atoms with E-state index in [0.717, 1.165) is 33.2 Å². The van der Waals surface area contributed by atoms with Gasteiger partial charge in [0.15, 0.2) is 0 Å². The second-order valence-corrected chi connectivity index (χ2v) is 10.8. The number of carbonyl (C=O) groups is 1. The largest absolute Gasteiger partial charge is 0.369 e. The van der Waals surface area contributed by atoms with Gasteiger partial charge < -0.3 is 15.2 Å². The highest BCUT2D eigenvalue weighted by atomic mass is 32.2. The highest BCUT2D eigenvalue weighted by Crippen LogP contribution is 2.28. The Hall–Kier alpha value is -3.10. The van der Waals surface area contributed by atoms with Crippen molar-refractivity contribution in [3.63, 3.8) is 0 Å². The Balaban J connectivity index is 1.41. The third-order valence-electron chi connectivity index (χ3n) is 5.76. The molecule has 8 heteroatoms. The Morgan fingerprint density at radius 2 is 1.85 bits per heavy atom. The number of thioether (sulfide) groups is 1. The van der Waals surface area contributed by atoms with E-state index in [1.54, 1.807) is 0 Å². The molecule has 2 aromatic carbocycles. The van der Waals surface area contributed by atoms with Crippen molar-refractivity contribution < 1.29 is 4.79 Å². The number of anilines is 2. The molecular formula is C26H28N4O2S2. The van der Waals surface area contributed by atoms with Gasteiger partial charge >= 0.3 is 0 Å². The van der Waals surface area contributed by atoms with Crippen molar-refractivity contribution in [3.05, 3.63) is 86.8 Å². The molecule has 2 heterocycles. The first-order chi connectivity index (χ1) is 16.3. The molecule has 0 aliphatic rings. The van der Waals surface area contributed by atoms with Crippen LogP contribution in [0.2, 0.25) is 0 Å². The Bertz CT molecular complexity index is 1360. The number of aryl methyl sites for hydroxylation is 2. The number of hydrogen-bond acceptors (Lipinski definition) is 6. The molecule has 6 nitrogen and oxygen atoms in total. The van der Waals surface area contributed by atoms with Crippen LogP contribution in [0.15, 0.2) is 59.4 Å². The zero-order chi connectivity index (χ0) is 24.2. The first kappa shape index (κ1) is 24.0. The number of carbonyl (C=O) groups excluding carboxylic acids is 1. The number of nitrogens with zero attached hydrogens (tertiary/aromatic N) is 2. The summed E-state index contributed by atoms with van der Waals surface area (Å²) in [5, 5.41) is 3.42. The molecule has 4 rings (SSSR count). The van der Waals surface area contributed by atoms with Gasteiger partial charge in [0.25, 0.3) is 5.56 Å². The van der Waals surface area contributed by atoms with Crippen molar-refractivity contribution in [1.82, 2.24) is 9.97 Å². The molecule has 0 fully saturated rings. The predicted octanol–water partition coefficient (Wildman–Crippen LogP) is 5.50. The van der Waals surface area contributed by atoms with E-state index in [1.807, 2.05) is 70.3 Å². The number of thiophene rings is 1. The summed E-state index contributed by atoms with van der Waals surface area (Å²) >= 11 is 2.98. The molecular weight excluding hydrogens is 464 g/mol. The number of para-hydroxylation sites is 2. The Kier molecular flexibility index (Phi) is 7.38. The van der Waals surface area contributed by atoms with Gasteiger partial charge in [-0.1, -0.05) is 42.5 Å². The minimum Gasteiger partial charge on any atom is -0.369 e. The lowest BCUT2D eigenvalue weighted by atomic mass is 10.2. The first-order valence-corrected chi connectivity index (χ1v) is 13.0. The number of amides is 1. The Labute approximate surface area is 207 Å². The molecule has 176 valence electrons. The van der Waals surface area contributed by atoms with Gasteiger partial charge in [0.1, 0.15) is 10.7 Å². The molecule has 0 aliphatic carbocycles. The summed E-state index contributed by atoms with van der Waals surface area (Å²) in [5.41, 5.74) is 3.80. The first-order valence-electron chi connectivity index (χ1n) is 11.1. The summed E-state index contributed by atoms with van der Waals surface area (Å²) in [6.07, 6.45) is 0. The van der Waals surface area contributed by atoms with Crippen molar-refractivity contribution in [3.8, 4) is 0 Å². The maximum atomic E-state index is 13.0. The molecule has 0 radical (unpaired) electrons. The van der Waals surface area contributed by atoms with Crippen molar-refractivity contribution >= 4 is 50.6 Å². The molecule has 0 spiro atoms. The van der Waals surface area contributed by atoms with Gasteiger partial charge in [-0.3, -0.25) is 9.59 Å². The number of hydrogen-bond donors (Lipinski definition) is 2. The summed E-state index contributed by atoms with van der Waals surface area (Å²) in [4.78, 5) is 36.9. The van der Waals surface area contributed by atoms with Gasteiger partial charge in [0, 0.05) is 18.5 Å². The molecule has 2 N–H and O–H groups in total. The van der Waals surface area contributed by atoms with Crippen LogP contribution >= 0.6 is 23.1 Å². The van der Waals surface area contributed by atoms with Gasteiger partial charge in [0.05, 0.1) is 27.8 Å². The van der Waals surface area contributed by atoms with E-state index in [2.05, 4.69) is 32.3 Å². The summed E-state index contributed by atoms with van der Waals surface area (Å²) in [7, 11) is 2.02. The van der Waals surface area contributed by atoms with Crippen LogP contribution in [0.3, 0.4) is 0 Å². The van der Waals surface area contributed by atoms with E-state index in [9.17, 15) is 9.59 Å². The summed E-state index contributed by atoms with van der Waals surface area (Å²) in [5.74, 6) is 0.953. The number of H-pyrrole nitrogens is 1. The predicted molar refractivity (Wildman–Crippen MR) is 144 cm³/mol. The van der Waals surface area contributed by atoms with Crippen LogP contribution in [0, 0.1) is 13.8 Å². The standard InChI is InChI=1S/C26H28N4O2S2/c1-16-17(2)34-26-23(16)25(32)28-22(29-26)15-33-18(3)24(31)27-20-12-8-9-13-21(20)30(4)14-19-10-6-5-7-11-19/h5-13,18H,14-15H2,1-4H3,(H,27,31)(H,28,29,32). The number of fused-ring (bicyclic) bond motifs is 1. The Morgan fingerprint density at radius 3 is 2.62 bits per heavy atom. The van der Waals surface area contributed by atoms with Gasteiger partial charge in [0.2, 0.25) is 5.91 Å². The molecule has 0 saturated heterocycles. The second-order valence-electron chi connectivity index (χ2n) is 8.28. The average Bonchev–Trinajstić information content (AvgIpc) is 3.12. The third kappa shape index (κ3) is 5.34. The van der Waals surface area contributed by atoms with Crippen molar-refractivity contribution in [1.29, 1.82) is 0 Å². The fourth-order valence-corrected chi connectivity index (χ4v) is 5.54. The molecule has 1 amide bonds. The lowest BCUT2D eigenvalue weighted by Crippen LogP contribution is -2.25. The molecule has 0 saturated carbocycles. The molecule has 1 atom stereocenters. The van der Waals surface area contributed by atoms with E-state index in [-0.39, 0.29) is 16.7 Å². The third-order valence-corrected chi connectivity index (χ3v) is 8.02. The molecule has 0 aliphatic heterocycles. The van der Waals surface area contributed by atoms with Crippen LogP contribution in [0.1, 0.15) is 28.8 Å². The van der Waals surface area contributed by atoms with Crippen molar-refractivity contribution in [2.24, 2.45) is 0 Å². The van der Waals surface area contributed by atoms with Crippen LogP contribution in [0.25, 0.3) is 10.2 Å². The summed E-state index contributed by atoms with van der Waals surface area (Å²) in [6.45, 7) is 6.55. The smallest absolute Gasteiger partial charge is 0.259 e. The summed E-state index contributed by atoms with van der Waals surface area (Å²) in [6, 6.07) is 18.0.